The van der Waals surface area contributed by atoms with Gasteiger partial charge in [0.15, 0.2) is 11.5 Å². The zero-order valence-electron chi connectivity index (χ0n) is 15.5. The zero-order chi connectivity index (χ0) is 19.2. The van der Waals surface area contributed by atoms with E-state index in [-0.39, 0.29) is 11.4 Å². The van der Waals surface area contributed by atoms with Crippen LogP contribution in [-0.2, 0) is 6.42 Å². The Bertz CT molecular complexity index is 890. The van der Waals surface area contributed by atoms with E-state index in [1.54, 1.807) is 30.3 Å². The maximum atomic E-state index is 12.7. The number of nitriles is 1. The molecule has 138 valence electrons. The van der Waals surface area contributed by atoms with E-state index in [0.717, 1.165) is 12.8 Å². The van der Waals surface area contributed by atoms with Crippen LogP contribution >= 0.6 is 0 Å². The lowest BCUT2D eigenvalue weighted by molar-refractivity contribution is 0.104. The summed E-state index contributed by atoms with van der Waals surface area (Å²) >= 11 is 0. The van der Waals surface area contributed by atoms with Crippen LogP contribution in [-0.4, -0.2) is 26.1 Å². The number of carbonyl (C=O) groups excluding carboxylic acids is 1. The van der Waals surface area contributed by atoms with Gasteiger partial charge in [0, 0.05) is 5.56 Å². The van der Waals surface area contributed by atoms with E-state index in [1.165, 1.54) is 12.7 Å². The predicted molar refractivity (Wildman–Crippen MR) is 102 cm³/mol. The molecule has 0 spiro atoms. The highest BCUT2D eigenvalue weighted by molar-refractivity contribution is 6.14. The van der Waals surface area contributed by atoms with Crippen molar-refractivity contribution in [2.24, 2.45) is 0 Å². The topological polar surface area (TPSA) is 68.6 Å². The third kappa shape index (κ3) is 4.12. The average molecular weight is 363 g/mol. The number of aryl methyl sites for hydroxylation is 1. The minimum absolute atomic E-state index is 0.0528. The third-order valence-corrected chi connectivity index (χ3v) is 4.28. The third-order valence-electron chi connectivity index (χ3n) is 4.28. The Morgan fingerprint density at radius 3 is 2.63 bits per heavy atom. The number of fused-ring (bicyclic) bond motifs is 1. The van der Waals surface area contributed by atoms with E-state index in [9.17, 15) is 10.1 Å². The van der Waals surface area contributed by atoms with Crippen molar-refractivity contribution >= 4 is 11.9 Å². The average Bonchev–Trinajstić information content (AvgIpc) is 2.71. The molecule has 0 saturated carbocycles. The SMILES string of the molecule is CCCc1ccc(C(=O)/C(C#N)=C/c2cc(OC)c3c(c2)OCCO3)cc1. The van der Waals surface area contributed by atoms with Crippen molar-refractivity contribution in [3.05, 3.63) is 58.7 Å². The molecule has 0 unspecified atom stereocenters. The van der Waals surface area contributed by atoms with Gasteiger partial charge in [-0.1, -0.05) is 37.6 Å². The first-order valence-corrected chi connectivity index (χ1v) is 8.89. The van der Waals surface area contributed by atoms with Gasteiger partial charge < -0.3 is 14.2 Å². The summed E-state index contributed by atoms with van der Waals surface area (Å²) in [4.78, 5) is 12.7. The molecular formula is C22H21NO4. The van der Waals surface area contributed by atoms with Crippen molar-refractivity contribution < 1.29 is 19.0 Å². The molecule has 0 radical (unpaired) electrons. The van der Waals surface area contributed by atoms with Crippen LogP contribution in [0.2, 0.25) is 0 Å². The van der Waals surface area contributed by atoms with Crippen molar-refractivity contribution in [3.63, 3.8) is 0 Å². The molecule has 0 bridgehead atoms. The highest BCUT2D eigenvalue weighted by atomic mass is 16.6. The fourth-order valence-electron chi connectivity index (χ4n) is 2.96. The van der Waals surface area contributed by atoms with E-state index < -0.39 is 0 Å². The lowest BCUT2D eigenvalue weighted by atomic mass is 9.99. The molecule has 2 aromatic carbocycles. The minimum atomic E-state index is -0.311. The summed E-state index contributed by atoms with van der Waals surface area (Å²) in [5.41, 5.74) is 2.36. The van der Waals surface area contributed by atoms with E-state index in [4.69, 9.17) is 14.2 Å². The molecule has 2 aromatic rings. The number of ether oxygens (including phenoxy) is 3. The van der Waals surface area contributed by atoms with Crippen molar-refractivity contribution in [3.8, 4) is 23.3 Å². The molecule has 0 N–H and O–H groups in total. The van der Waals surface area contributed by atoms with Crippen LogP contribution in [0.25, 0.3) is 6.08 Å². The number of allylic oxidation sites excluding steroid dienone is 1. The largest absolute Gasteiger partial charge is 0.493 e. The molecule has 3 rings (SSSR count). The number of Topliss-reactive ketones (excluding diaryl/α,β-unsaturated/α-hetero) is 1. The lowest BCUT2D eigenvalue weighted by Crippen LogP contribution is -2.16. The van der Waals surface area contributed by atoms with Gasteiger partial charge in [-0.3, -0.25) is 4.79 Å². The van der Waals surface area contributed by atoms with Crippen LogP contribution in [0.15, 0.2) is 42.0 Å². The molecule has 0 atom stereocenters. The van der Waals surface area contributed by atoms with Gasteiger partial charge in [-0.25, -0.2) is 0 Å². The highest BCUT2D eigenvalue weighted by Crippen LogP contribution is 2.40. The van der Waals surface area contributed by atoms with E-state index in [2.05, 4.69) is 6.92 Å². The van der Waals surface area contributed by atoms with Gasteiger partial charge in [-0.15, -0.1) is 0 Å². The Hall–Kier alpha value is -3.26. The molecule has 1 heterocycles. The molecule has 1 aliphatic rings. The van der Waals surface area contributed by atoms with E-state index in [1.807, 2.05) is 18.2 Å². The first-order valence-electron chi connectivity index (χ1n) is 8.89. The van der Waals surface area contributed by atoms with Gasteiger partial charge in [0.2, 0.25) is 11.5 Å². The fourth-order valence-corrected chi connectivity index (χ4v) is 2.96. The summed E-state index contributed by atoms with van der Waals surface area (Å²) in [5, 5.41) is 9.50. The molecule has 0 aliphatic carbocycles. The van der Waals surface area contributed by atoms with Crippen LogP contribution in [0.3, 0.4) is 0 Å². The lowest BCUT2D eigenvalue weighted by Gasteiger charge is -2.21. The Labute approximate surface area is 158 Å². The van der Waals surface area contributed by atoms with Gasteiger partial charge >= 0.3 is 0 Å². The second-order valence-electron chi connectivity index (χ2n) is 6.19. The summed E-state index contributed by atoms with van der Waals surface area (Å²) < 4.78 is 16.5. The maximum absolute atomic E-state index is 12.7. The number of ketones is 1. The summed E-state index contributed by atoms with van der Waals surface area (Å²) in [6.07, 6.45) is 3.55. The molecule has 0 amide bonds. The normalized spacial score (nSPS) is 13.0. The van der Waals surface area contributed by atoms with Crippen molar-refractivity contribution in [1.29, 1.82) is 5.26 Å². The number of hydrogen-bond donors (Lipinski definition) is 0. The molecule has 5 heteroatoms. The van der Waals surface area contributed by atoms with Gasteiger partial charge in [0.05, 0.1) is 7.11 Å². The Balaban J connectivity index is 1.92. The van der Waals surface area contributed by atoms with E-state index >= 15 is 0 Å². The van der Waals surface area contributed by atoms with Crippen molar-refractivity contribution in [2.45, 2.75) is 19.8 Å². The van der Waals surface area contributed by atoms with Crippen LogP contribution in [0, 0.1) is 11.3 Å². The van der Waals surface area contributed by atoms with Gasteiger partial charge in [0.1, 0.15) is 24.9 Å². The van der Waals surface area contributed by atoms with Crippen LogP contribution in [0.5, 0.6) is 17.2 Å². The van der Waals surface area contributed by atoms with Crippen LogP contribution in [0.1, 0.15) is 34.8 Å². The van der Waals surface area contributed by atoms with Crippen molar-refractivity contribution in [2.75, 3.05) is 20.3 Å². The summed E-state index contributed by atoms with van der Waals surface area (Å²) in [6, 6.07) is 12.9. The molecular weight excluding hydrogens is 342 g/mol. The summed E-state index contributed by atoms with van der Waals surface area (Å²) in [5.74, 6) is 1.28. The fraction of sp³-hybridized carbons (Fsp3) is 0.273. The molecule has 5 nitrogen and oxygen atoms in total. The van der Waals surface area contributed by atoms with Crippen molar-refractivity contribution in [1.82, 2.24) is 0 Å². The number of benzene rings is 2. The molecule has 1 aliphatic heterocycles. The van der Waals surface area contributed by atoms with Gasteiger partial charge in [-0.2, -0.15) is 5.26 Å². The quantitative estimate of drug-likeness (QED) is 0.437. The Morgan fingerprint density at radius 2 is 1.96 bits per heavy atom. The van der Waals surface area contributed by atoms with E-state index in [0.29, 0.717) is 41.6 Å². The Kier molecular flexibility index (Phi) is 5.77. The first-order chi connectivity index (χ1) is 13.2. The summed E-state index contributed by atoms with van der Waals surface area (Å²) in [7, 11) is 1.54. The van der Waals surface area contributed by atoms with Crippen LogP contribution < -0.4 is 14.2 Å². The number of nitrogens with zero attached hydrogens (tertiary/aromatic N) is 1. The van der Waals surface area contributed by atoms with Gasteiger partial charge in [-0.05, 0) is 35.8 Å². The number of hydrogen-bond acceptors (Lipinski definition) is 5. The van der Waals surface area contributed by atoms with Crippen LogP contribution in [0.4, 0.5) is 0 Å². The monoisotopic (exact) mass is 363 g/mol. The molecule has 27 heavy (non-hydrogen) atoms. The number of carbonyl (C=O) groups is 1. The number of rotatable bonds is 6. The standard InChI is InChI=1S/C22H21NO4/c1-3-4-15-5-7-17(8-6-15)21(24)18(14-23)11-16-12-19(25-2)22-20(13-16)26-9-10-27-22/h5-8,11-13H,3-4,9-10H2,1-2H3/b18-11+. The highest BCUT2D eigenvalue weighted by Gasteiger charge is 2.19. The maximum Gasteiger partial charge on any atom is 0.203 e. The smallest absolute Gasteiger partial charge is 0.203 e. The minimum Gasteiger partial charge on any atom is -0.493 e. The summed E-state index contributed by atoms with van der Waals surface area (Å²) in [6.45, 7) is 3.00. The zero-order valence-corrected chi connectivity index (χ0v) is 15.5. The van der Waals surface area contributed by atoms with Gasteiger partial charge in [0.25, 0.3) is 0 Å². The first kappa shape index (κ1) is 18.5. The Morgan fingerprint density at radius 1 is 1.22 bits per heavy atom. The second-order valence-corrected chi connectivity index (χ2v) is 6.19. The molecule has 0 saturated heterocycles. The predicted octanol–water partition coefficient (Wildman–Crippen LogP) is 4.21. The second kappa shape index (κ2) is 8.41. The molecule has 0 aromatic heterocycles. The number of methoxy groups -OCH3 is 1. The molecule has 0 fully saturated rings.